The van der Waals surface area contributed by atoms with E-state index in [0.29, 0.717) is 22.4 Å². The number of thiophene rings is 1. The summed E-state index contributed by atoms with van der Waals surface area (Å²) in [5.41, 5.74) is 1.97. The lowest BCUT2D eigenvalue weighted by molar-refractivity contribution is -0.124. The molecule has 1 heterocycles. The van der Waals surface area contributed by atoms with Crippen LogP contribution in [-0.2, 0) is 4.79 Å². The maximum absolute atomic E-state index is 14.1. The van der Waals surface area contributed by atoms with Crippen LogP contribution in [0.2, 0.25) is 0 Å². The van der Waals surface area contributed by atoms with E-state index in [-0.39, 0.29) is 17.9 Å². The number of allylic oxidation sites excluding steroid dienone is 2. The molecule has 0 radical (unpaired) electrons. The van der Waals surface area contributed by atoms with Crippen LogP contribution in [0.4, 0.5) is 5.69 Å². The van der Waals surface area contributed by atoms with Crippen LogP contribution in [0.3, 0.4) is 0 Å². The van der Waals surface area contributed by atoms with Gasteiger partial charge >= 0.3 is 5.97 Å². The number of carboxylic acid groups (broad SMARTS) is 1. The number of aromatic carboxylic acids is 1. The van der Waals surface area contributed by atoms with Gasteiger partial charge in [-0.3, -0.25) is 4.79 Å². The van der Waals surface area contributed by atoms with Gasteiger partial charge in [0.15, 0.2) is 0 Å². The molecule has 0 aliphatic heterocycles. The molecule has 34 heavy (non-hydrogen) atoms. The standard InChI is InChI=1S/C29H41NO3S/c1-19-11-13-22(14-12-19)28(31)30(24-16-15-20-7-5-6-10-23(20)17-24)25-18-26(34-27(25)29(32)33)21-8-3-2-4-9-21/h8,18-20,22-24H,2-7,9-17H2,1H3,(H,32,33)/t19-,20?,22-,23?,24?. The topological polar surface area (TPSA) is 57.6 Å². The van der Waals surface area contributed by atoms with Crippen molar-refractivity contribution in [1.82, 2.24) is 0 Å². The Morgan fingerprint density at radius 3 is 2.41 bits per heavy atom. The van der Waals surface area contributed by atoms with Crippen molar-refractivity contribution in [2.24, 2.45) is 23.7 Å². The molecule has 0 spiro atoms. The van der Waals surface area contributed by atoms with E-state index in [9.17, 15) is 14.7 Å². The number of carboxylic acids is 1. The number of carbonyl (C=O) groups is 2. The molecule has 4 nitrogen and oxygen atoms in total. The quantitative estimate of drug-likeness (QED) is 0.463. The lowest BCUT2D eigenvalue weighted by atomic mass is 9.69. The van der Waals surface area contributed by atoms with E-state index in [4.69, 9.17) is 0 Å². The first kappa shape index (κ1) is 24.1. The summed E-state index contributed by atoms with van der Waals surface area (Å²) in [7, 11) is 0. The lowest BCUT2D eigenvalue weighted by Gasteiger charge is -2.44. The number of fused-ring (bicyclic) bond motifs is 1. The van der Waals surface area contributed by atoms with E-state index in [1.807, 2.05) is 4.90 Å². The number of nitrogens with zero attached hydrogens (tertiary/aromatic N) is 1. The van der Waals surface area contributed by atoms with Crippen molar-refractivity contribution in [2.75, 3.05) is 4.90 Å². The first-order valence-corrected chi connectivity index (χ1v) is 14.7. The van der Waals surface area contributed by atoms with Crippen molar-refractivity contribution in [1.29, 1.82) is 0 Å². The molecule has 1 aromatic rings. The third kappa shape index (κ3) is 5.01. The molecule has 3 fully saturated rings. The van der Waals surface area contributed by atoms with Crippen molar-refractivity contribution in [3.05, 3.63) is 21.9 Å². The van der Waals surface area contributed by atoms with Crippen LogP contribution in [0.25, 0.3) is 5.57 Å². The Morgan fingerprint density at radius 2 is 1.71 bits per heavy atom. The van der Waals surface area contributed by atoms with Gasteiger partial charge in [-0.25, -0.2) is 4.79 Å². The van der Waals surface area contributed by atoms with E-state index in [1.165, 1.54) is 55.4 Å². The van der Waals surface area contributed by atoms with E-state index in [0.717, 1.165) is 68.6 Å². The van der Waals surface area contributed by atoms with Crippen molar-refractivity contribution in [3.63, 3.8) is 0 Å². The summed E-state index contributed by atoms with van der Waals surface area (Å²) < 4.78 is 0. The maximum atomic E-state index is 14.1. The Balaban J connectivity index is 1.50. The number of amides is 1. The monoisotopic (exact) mass is 483 g/mol. The van der Waals surface area contributed by atoms with Crippen LogP contribution in [0.5, 0.6) is 0 Å². The number of carbonyl (C=O) groups excluding carboxylic acids is 1. The molecule has 186 valence electrons. The molecule has 0 aromatic carbocycles. The molecule has 1 amide bonds. The molecule has 5 heteroatoms. The zero-order chi connectivity index (χ0) is 23.7. The summed E-state index contributed by atoms with van der Waals surface area (Å²) >= 11 is 1.39. The SMILES string of the molecule is C[C@H]1CC[C@H](C(=O)N(c2cc(C3=CCCCC3)sc2C(=O)O)C2CCC3CCCCC3C2)CC1. The smallest absolute Gasteiger partial charge is 0.348 e. The summed E-state index contributed by atoms with van der Waals surface area (Å²) in [5.74, 6) is 1.55. The van der Waals surface area contributed by atoms with E-state index in [1.54, 1.807) is 0 Å². The molecular weight excluding hydrogens is 442 g/mol. The average Bonchev–Trinajstić information content (AvgIpc) is 3.30. The highest BCUT2D eigenvalue weighted by atomic mass is 32.1. The zero-order valence-corrected chi connectivity index (χ0v) is 21.6. The van der Waals surface area contributed by atoms with Gasteiger partial charge in [-0.05, 0) is 100 Å². The van der Waals surface area contributed by atoms with Crippen LogP contribution in [-0.4, -0.2) is 23.0 Å². The summed E-state index contributed by atoms with van der Waals surface area (Å²) in [6.07, 6.45) is 19.4. The van der Waals surface area contributed by atoms with Gasteiger partial charge in [0.25, 0.3) is 0 Å². The second-order valence-corrected chi connectivity index (χ2v) is 12.6. The molecule has 4 aliphatic rings. The van der Waals surface area contributed by atoms with E-state index < -0.39 is 5.97 Å². The van der Waals surface area contributed by atoms with Crippen molar-refractivity contribution >= 4 is 34.5 Å². The maximum Gasteiger partial charge on any atom is 0.348 e. The van der Waals surface area contributed by atoms with Crippen molar-refractivity contribution < 1.29 is 14.7 Å². The Bertz CT molecular complexity index is 926. The number of hydrogen-bond donors (Lipinski definition) is 1. The molecule has 1 aromatic heterocycles. The van der Waals surface area contributed by atoms with E-state index >= 15 is 0 Å². The van der Waals surface area contributed by atoms with Gasteiger partial charge in [-0.15, -0.1) is 11.3 Å². The molecule has 3 atom stereocenters. The average molecular weight is 484 g/mol. The minimum atomic E-state index is -0.885. The molecule has 3 unspecified atom stereocenters. The lowest BCUT2D eigenvalue weighted by Crippen LogP contribution is -2.48. The summed E-state index contributed by atoms with van der Waals surface area (Å²) in [6.45, 7) is 2.29. The molecule has 4 aliphatic carbocycles. The Morgan fingerprint density at radius 1 is 0.941 bits per heavy atom. The first-order chi connectivity index (χ1) is 16.5. The molecule has 5 rings (SSSR count). The zero-order valence-electron chi connectivity index (χ0n) is 20.8. The van der Waals surface area contributed by atoms with Crippen LogP contribution in [0, 0.1) is 23.7 Å². The fraction of sp³-hybridized carbons (Fsp3) is 0.724. The normalized spacial score (nSPS) is 31.9. The summed E-state index contributed by atoms with van der Waals surface area (Å²) in [5, 5.41) is 10.2. The first-order valence-electron chi connectivity index (χ1n) is 13.9. The Hall–Kier alpha value is -1.62. The second-order valence-electron chi connectivity index (χ2n) is 11.5. The largest absolute Gasteiger partial charge is 0.477 e. The highest BCUT2D eigenvalue weighted by Gasteiger charge is 2.40. The molecule has 0 saturated heterocycles. The predicted octanol–water partition coefficient (Wildman–Crippen LogP) is 7.92. The van der Waals surface area contributed by atoms with Crippen LogP contribution >= 0.6 is 11.3 Å². The van der Waals surface area contributed by atoms with Crippen molar-refractivity contribution in [3.8, 4) is 0 Å². The third-order valence-electron chi connectivity index (χ3n) is 9.25. The summed E-state index contributed by atoms with van der Waals surface area (Å²) in [6, 6.07) is 2.22. The van der Waals surface area contributed by atoms with Crippen LogP contribution < -0.4 is 4.90 Å². The fourth-order valence-corrected chi connectivity index (χ4v) is 8.27. The minimum absolute atomic E-state index is 0.0409. The van der Waals surface area contributed by atoms with Gasteiger partial charge < -0.3 is 10.0 Å². The summed E-state index contributed by atoms with van der Waals surface area (Å²) in [4.78, 5) is 30.0. The van der Waals surface area contributed by atoms with Gasteiger partial charge in [0.05, 0.1) is 5.69 Å². The van der Waals surface area contributed by atoms with E-state index in [2.05, 4.69) is 19.1 Å². The molecule has 3 saturated carbocycles. The molecule has 0 bridgehead atoms. The number of rotatable bonds is 5. The number of anilines is 1. The second kappa shape index (κ2) is 10.6. The van der Waals surface area contributed by atoms with Gasteiger partial charge in [0, 0.05) is 16.8 Å². The Labute approximate surface area is 208 Å². The highest BCUT2D eigenvalue weighted by Crippen LogP contribution is 2.46. The van der Waals surface area contributed by atoms with Gasteiger partial charge in [-0.2, -0.15) is 0 Å². The minimum Gasteiger partial charge on any atom is -0.477 e. The predicted molar refractivity (Wildman–Crippen MR) is 139 cm³/mol. The van der Waals surface area contributed by atoms with Gasteiger partial charge in [0.2, 0.25) is 5.91 Å². The fourth-order valence-electron chi connectivity index (χ4n) is 7.22. The third-order valence-corrected chi connectivity index (χ3v) is 10.4. The van der Waals surface area contributed by atoms with Crippen LogP contribution in [0.1, 0.15) is 118 Å². The van der Waals surface area contributed by atoms with Crippen molar-refractivity contribution in [2.45, 2.75) is 109 Å². The molecular formula is C29H41NO3S. The van der Waals surface area contributed by atoms with Crippen LogP contribution in [0.15, 0.2) is 12.1 Å². The number of hydrogen-bond acceptors (Lipinski definition) is 3. The van der Waals surface area contributed by atoms with Gasteiger partial charge in [-0.1, -0.05) is 38.7 Å². The highest BCUT2D eigenvalue weighted by molar-refractivity contribution is 7.15. The van der Waals surface area contributed by atoms with Gasteiger partial charge in [0.1, 0.15) is 4.88 Å². The molecule has 1 N–H and O–H groups in total. The Kier molecular flexibility index (Phi) is 7.48.